The van der Waals surface area contributed by atoms with Crippen LogP contribution in [0.4, 0.5) is 11.4 Å². The van der Waals surface area contributed by atoms with Crippen molar-refractivity contribution in [3.8, 4) is 0 Å². The second kappa shape index (κ2) is 14.5. The first kappa shape index (κ1) is 32.8. The van der Waals surface area contributed by atoms with Gasteiger partial charge in [-0.15, -0.1) is 0 Å². The number of non-ortho nitro benzene ring substituents is 1. The van der Waals surface area contributed by atoms with Gasteiger partial charge < -0.3 is 10.2 Å². The van der Waals surface area contributed by atoms with Crippen LogP contribution in [0.5, 0.6) is 0 Å². The molecular formula is C29H32Cl2N4O6S. The third-order valence-electron chi connectivity index (χ3n) is 6.62. The molecule has 0 unspecified atom stereocenters. The van der Waals surface area contributed by atoms with Crippen LogP contribution in [0.25, 0.3) is 0 Å². The van der Waals surface area contributed by atoms with E-state index >= 15 is 0 Å². The van der Waals surface area contributed by atoms with Crippen molar-refractivity contribution in [1.29, 1.82) is 0 Å². The Hall–Kier alpha value is -3.67. The van der Waals surface area contributed by atoms with E-state index in [1.165, 1.54) is 23.1 Å². The van der Waals surface area contributed by atoms with Gasteiger partial charge in [0.05, 0.1) is 26.9 Å². The number of hydrogen-bond donors (Lipinski definition) is 1. The van der Waals surface area contributed by atoms with Gasteiger partial charge in [-0.2, -0.15) is 0 Å². The number of hydrogen-bond acceptors (Lipinski definition) is 6. The fraction of sp³-hybridized carbons (Fsp3) is 0.310. The van der Waals surface area contributed by atoms with Crippen LogP contribution >= 0.6 is 23.2 Å². The number of nitro benzene ring substituents is 1. The summed E-state index contributed by atoms with van der Waals surface area (Å²) in [6.07, 6.45) is 1.70. The van der Waals surface area contributed by atoms with Gasteiger partial charge in [-0.25, -0.2) is 8.42 Å². The first-order chi connectivity index (χ1) is 19.8. The highest BCUT2D eigenvalue weighted by atomic mass is 35.5. The number of nitro groups is 1. The summed E-state index contributed by atoms with van der Waals surface area (Å²) < 4.78 is 26.5. The maximum absolute atomic E-state index is 14.1. The molecule has 0 aromatic heterocycles. The summed E-state index contributed by atoms with van der Waals surface area (Å²) in [5, 5.41) is 14.9. The molecule has 42 heavy (non-hydrogen) atoms. The number of nitrogens with zero attached hydrogens (tertiary/aromatic N) is 3. The van der Waals surface area contributed by atoms with Gasteiger partial charge in [0.2, 0.25) is 21.8 Å². The molecule has 3 aromatic carbocycles. The van der Waals surface area contributed by atoms with Gasteiger partial charge in [-0.1, -0.05) is 72.6 Å². The van der Waals surface area contributed by atoms with Gasteiger partial charge in [0.1, 0.15) is 12.6 Å². The van der Waals surface area contributed by atoms with E-state index in [-0.39, 0.29) is 35.4 Å². The van der Waals surface area contributed by atoms with Gasteiger partial charge in [0, 0.05) is 31.1 Å². The topological polar surface area (TPSA) is 130 Å². The summed E-state index contributed by atoms with van der Waals surface area (Å²) in [4.78, 5) is 39.8. The van der Waals surface area contributed by atoms with Crippen molar-refractivity contribution in [2.45, 2.75) is 45.3 Å². The van der Waals surface area contributed by atoms with Crippen molar-refractivity contribution in [2.24, 2.45) is 0 Å². The van der Waals surface area contributed by atoms with Crippen molar-refractivity contribution < 1.29 is 22.9 Å². The highest BCUT2D eigenvalue weighted by Gasteiger charge is 2.33. The zero-order valence-electron chi connectivity index (χ0n) is 23.4. The molecule has 2 atom stereocenters. The molecule has 3 aromatic rings. The molecule has 0 aliphatic heterocycles. The Morgan fingerprint density at radius 2 is 1.67 bits per heavy atom. The third-order valence-corrected chi connectivity index (χ3v) is 8.50. The number of amides is 2. The highest BCUT2D eigenvalue weighted by Crippen LogP contribution is 2.26. The van der Waals surface area contributed by atoms with Gasteiger partial charge >= 0.3 is 0 Å². The van der Waals surface area contributed by atoms with Crippen LogP contribution in [0.2, 0.25) is 10.0 Å². The molecule has 10 nitrogen and oxygen atoms in total. The number of rotatable bonds is 13. The van der Waals surface area contributed by atoms with Crippen LogP contribution in [0.1, 0.15) is 31.4 Å². The standard InChI is InChI=1S/C29H32Cl2N4O6S/c1-4-20(2)32-29(37)27(16-21-9-6-5-7-10-21)33(18-22-13-14-25(30)26(31)15-22)28(36)19-34(42(3,40)41)23-11-8-12-24(17-23)35(38)39/h5-15,17,20,27H,4,16,18-19H2,1-3H3,(H,32,37)/t20-,27+/m1/s1. The second-order valence-corrected chi connectivity index (χ2v) is 12.6. The number of sulfonamides is 1. The van der Waals surface area contributed by atoms with E-state index in [4.69, 9.17) is 23.2 Å². The van der Waals surface area contributed by atoms with Crippen molar-refractivity contribution in [2.75, 3.05) is 17.1 Å². The third kappa shape index (κ3) is 8.91. The molecule has 0 saturated heterocycles. The van der Waals surface area contributed by atoms with Crippen molar-refractivity contribution >= 4 is 56.4 Å². The lowest BCUT2D eigenvalue weighted by molar-refractivity contribution is -0.384. The van der Waals surface area contributed by atoms with Crippen LogP contribution in [-0.4, -0.2) is 54.9 Å². The number of nitrogens with one attached hydrogen (secondary N) is 1. The molecule has 1 N–H and O–H groups in total. The minimum absolute atomic E-state index is 0.0572. The summed E-state index contributed by atoms with van der Waals surface area (Å²) >= 11 is 12.3. The summed E-state index contributed by atoms with van der Waals surface area (Å²) in [5.74, 6) is -1.11. The number of anilines is 1. The highest BCUT2D eigenvalue weighted by molar-refractivity contribution is 7.92. The van der Waals surface area contributed by atoms with Gasteiger partial charge in [-0.3, -0.25) is 24.0 Å². The van der Waals surface area contributed by atoms with Crippen LogP contribution in [-0.2, 0) is 32.6 Å². The fourth-order valence-electron chi connectivity index (χ4n) is 4.21. The minimum atomic E-state index is -4.08. The maximum Gasteiger partial charge on any atom is 0.271 e. The Balaban J connectivity index is 2.10. The molecule has 0 aliphatic carbocycles. The van der Waals surface area contributed by atoms with E-state index in [1.54, 1.807) is 18.2 Å². The van der Waals surface area contributed by atoms with Gasteiger partial charge in [0.15, 0.2) is 0 Å². The summed E-state index contributed by atoms with van der Waals surface area (Å²) in [6.45, 7) is 2.96. The lowest BCUT2D eigenvalue weighted by Gasteiger charge is -2.34. The van der Waals surface area contributed by atoms with Crippen molar-refractivity contribution in [3.05, 3.63) is 104 Å². The zero-order chi connectivity index (χ0) is 31.0. The quantitative estimate of drug-likeness (QED) is 0.203. The molecule has 0 radical (unpaired) electrons. The maximum atomic E-state index is 14.1. The molecule has 2 amide bonds. The fourth-order valence-corrected chi connectivity index (χ4v) is 5.37. The largest absolute Gasteiger partial charge is 0.352 e. The second-order valence-electron chi connectivity index (χ2n) is 9.84. The average molecular weight is 636 g/mol. The predicted octanol–water partition coefficient (Wildman–Crippen LogP) is 5.22. The number of carbonyl (C=O) groups excluding carboxylic acids is 2. The van der Waals surface area contributed by atoms with Crippen LogP contribution in [0.15, 0.2) is 72.8 Å². The van der Waals surface area contributed by atoms with Crippen LogP contribution < -0.4 is 9.62 Å². The molecule has 0 heterocycles. The monoisotopic (exact) mass is 634 g/mol. The van der Waals surface area contributed by atoms with E-state index in [0.717, 1.165) is 22.2 Å². The van der Waals surface area contributed by atoms with Gasteiger partial charge in [-0.05, 0) is 42.7 Å². The molecule has 13 heteroatoms. The molecule has 0 fully saturated rings. The SMILES string of the molecule is CC[C@@H](C)NC(=O)[C@H](Cc1ccccc1)N(Cc1ccc(Cl)c(Cl)c1)C(=O)CN(c1cccc([N+](=O)[O-])c1)S(C)(=O)=O. The van der Waals surface area contributed by atoms with Crippen molar-refractivity contribution in [3.63, 3.8) is 0 Å². The Kier molecular flexibility index (Phi) is 11.3. The first-order valence-corrected chi connectivity index (χ1v) is 15.7. The van der Waals surface area contributed by atoms with E-state index in [2.05, 4.69) is 5.32 Å². The predicted molar refractivity (Wildman–Crippen MR) is 164 cm³/mol. The summed E-state index contributed by atoms with van der Waals surface area (Å²) in [7, 11) is -4.08. The Morgan fingerprint density at radius 1 is 0.976 bits per heavy atom. The molecule has 3 rings (SSSR count). The summed E-state index contributed by atoms with van der Waals surface area (Å²) in [5.41, 5.74) is 0.954. The summed E-state index contributed by atoms with van der Waals surface area (Å²) in [6, 6.07) is 17.7. The number of benzene rings is 3. The smallest absolute Gasteiger partial charge is 0.271 e. The van der Waals surface area contributed by atoms with E-state index in [0.29, 0.717) is 17.0 Å². The molecular weight excluding hydrogens is 603 g/mol. The van der Waals surface area contributed by atoms with E-state index < -0.39 is 39.3 Å². The molecule has 0 aliphatic rings. The number of halogens is 2. The van der Waals surface area contributed by atoms with E-state index in [9.17, 15) is 28.1 Å². The van der Waals surface area contributed by atoms with Crippen LogP contribution in [0, 0.1) is 10.1 Å². The Labute approximate surface area is 255 Å². The molecule has 224 valence electrons. The average Bonchev–Trinajstić information content (AvgIpc) is 2.95. The Bertz CT molecular complexity index is 1540. The lowest BCUT2D eigenvalue weighted by atomic mass is 10.0. The Morgan fingerprint density at radius 3 is 2.26 bits per heavy atom. The molecule has 0 spiro atoms. The van der Waals surface area contributed by atoms with Crippen LogP contribution in [0.3, 0.4) is 0 Å². The number of carbonyl (C=O) groups is 2. The molecule has 0 bridgehead atoms. The molecule has 0 saturated carbocycles. The van der Waals surface area contributed by atoms with E-state index in [1.807, 2.05) is 44.2 Å². The lowest BCUT2D eigenvalue weighted by Crippen LogP contribution is -2.54. The first-order valence-electron chi connectivity index (χ1n) is 13.1. The van der Waals surface area contributed by atoms with Crippen molar-refractivity contribution in [1.82, 2.24) is 10.2 Å². The minimum Gasteiger partial charge on any atom is -0.352 e. The normalized spacial score (nSPS) is 12.7. The zero-order valence-corrected chi connectivity index (χ0v) is 25.7. The van der Waals surface area contributed by atoms with Gasteiger partial charge in [0.25, 0.3) is 5.69 Å².